The number of ether oxygens (including phenoxy) is 2. The van der Waals surface area contributed by atoms with Gasteiger partial charge in [-0.05, 0) is 64.9 Å². The number of likely N-dealkylation sites (tertiary alicyclic amines) is 1. The standard InChI is InChI=1S/C25H33N5O6/c1-24(2,3)36-23(34)28-11-9-25(10-12-28)8-4-5-17-19(25)21(33)30-22(29(17)15-18(31)32)26-20(27-30)16-6-13-35-14-7-16/h6H,4-5,7-15H2,1-3H3,(H,31,32). The van der Waals surface area contributed by atoms with Gasteiger partial charge in [-0.25, -0.2) is 4.79 Å². The molecule has 4 heterocycles. The molecule has 1 aliphatic carbocycles. The van der Waals surface area contributed by atoms with Gasteiger partial charge >= 0.3 is 12.1 Å². The van der Waals surface area contributed by atoms with Gasteiger partial charge in [0.05, 0.1) is 13.2 Å². The van der Waals surface area contributed by atoms with Crippen LogP contribution in [0.2, 0.25) is 0 Å². The fourth-order valence-electron chi connectivity index (χ4n) is 5.72. The number of carboxylic acids is 1. The van der Waals surface area contributed by atoms with E-state index in [9.17, 15) is 19.5 Å². The number of piperidine rings is 1. The van der Waals surface area contributed by atoms with Crippen LogP contribution in [0.1, 0.15) is 70.0 Å². The first-order valence-electron chi connectivity index (χ1n) is 12.6. The van der Waals surface area contributed by atoms with Crippen molar-refractivity contribution in [1.29, 1.82) is 0 Å². The molecule has 194 valence electrons. The van der Waals surface area contributed by atoms with Gasteiger partial charge in [0.25, 0.3) is 5.56 Å². The van der Waals surface area contributed by atoms with Crippen LogP contribution in [-0.2, 0) is 32.6 Å². The molecule has 1 fully saturated rings. The van der Waals surface area contributed by atoms with E-state index in [1.54, 1.807) is 9.47 Å². The lowest BCUT2D eigenvalue weighted by molar-refractivity contribution is -0.137. The maximum Gasteiger partial charge on any atom is 0.410 e. The van der Waals surface area contributed by atoms with E-state index >= 15 is 0 Å². The van der Waals surface area contributed by atoms with Gasteiger partial charge in [0.15, 0.2) is 5.82 Å². The van der Waals surface area contributed by atoms with E-state index in [0.717, 1.165) is 24.1 Å². The Balaban J connectivity index is 1.57. The predicted molar refractivity (Wildman–Crippen MR) is 130 cm³/mol. The first kappa shape index (κ1) is 24.5. The largest absolute Gasteiger partial charge is 0.480 e. The summed E-state index contributed by atoms with van der Waals surface area (Å²) in [7, 11) is 0. The zero-order chi connectivity index (χ0) is 25.7. The average molecular weight is 500 g/mol. The summed E-state index contributed by atoms with van der Waals surface area (Å²) in [6.07, 6.45) is 5.64. The summed E-state index contributed by atoms with van der Waals surface area (Å²) in [5, 5.41) is 14.2. The minimum absolute atomic E-state index is 0.238. The lowest BCUT2D eigenvalue weighted by Gasteiger charge is -2.45. The number of amides is 1. The molecule has 1 N–H and O–H groups in total. The third-order valence-electron chi connectivity index (χ3n) is 7.37. The van der Waals surface area contributed by atoms with Crippen molar-refractivity contribution < 1.29 is 24.2 Å². The second-order valence-electron chi connectivity index (χ2n) is 10.9. The summed E-state index contributed by atoms with van der Waals surface area (Å²) in [6, 6.07) is 0. The Hall–Kier alpha value is -3.21. The number of aliphatic carboxylic acids is 1. The van der Waals surface area contributed by atoms with Crippen LogP contribution in [0.15, 0.2) is 10.9 Å². The van der Waals surface area contributed by atoms with Crippen LogP contribution in [0.25, 0.3) is 11.4 Å². The van der Waals surface area contributed by atoms with E-state index in [-0.39, 0.29) is 24.0 Å². The number of carboxylic acid groups (broad SMARTS) is 1. The topological polar surface area (TPSA) is 128 Å². The second kappa shape index (κ2) is 9.02. The van der Waals surface area contributed by atoms with Crippen LogP contribution in [-0.4, -0.2) is 73.1 Å². The molecule has 2 aromatic heterocycles. The Morgan fingerprint density at radius 1 is 1.19 bits per heavy atom. The molecule has 11 heteroatoms. The molecule has 0 saturated carbocycles. The maximum absolute atomic E-state index is 13.9. The molecule has 1 spiro atoms. The minimum Gasteiger partial charge on any atom is -0.480 e. The lowest BCUT2D eigenvalue weighted by Crippen LogP contribution is -2.50. The number of carbonyl (C=O) groups excluding carboxylic acids is 1. The molecule has 0 unspecified atom stereocenters. The van der Waals surface area contributed by atoms with Crippen molar-refractivity contribution in [3.63, 3.8) is 0 Å². The van der Waals surface area contributed by atoms with Crippen molar-refractivity contribution >= 4 is 23.4 Å². The number of fused-ring (bicyclic) bond motifs is 3. The second-order valence-corrected chi connectivity index (χ2v) is 10.9. The molecule has 1 saturated heterocycles. The molecular formula is C25H33N5O6. The number of hydrogen-bond donors (Lipinski definition) is 1. The van der Waals surface area contributed by atoms with Crippen LogP contribution in [0.5, 0.6) is 0 Å². The summed E-state index contributed by atoms with van der Waals surface area (Å²) < 4.78 is 13.9. The van der Waals surface area contributed by atoms with Crippen molar-refractivity contribution in [2.75, 3.05) is 26.3 Å². The smallest absolute Gasteiger partial charge is 0.410 e. The van der Waals surface area contributed by atoms with Gasteiger partial charge in [-0.1, -0.05) is 6.08 Å². The van der Waals surface area contributed by atoms with Crippen molar-refractivity contribution in [3.05, 3.63) is 33.5 Å². The SMILES string of the molecule is CC(C)(C)OC(=O)N1CCC2(CCCc3c2c(=O)n2nc(C4=CCOCC4)nc2n3CC(=O)O)CC1. The predicted octanol–water partition coefficient (Wildman–Crippen LogP) is 2.38. The quantitative estimate of drug-likeness (QED) is 0.682. The molecule has 0 radical (unpaired) electrons. The third kappa shape index (κ3) is 4.40. The monoisotopic (exact) mass is 499 g/mol. The zero-order valence-electron chi connectivity index (χ0n) is 21.1. The number of rotatable bonds is 3. The van der Waals surface area contributed by atoms with Gasteiger partial charge in [-0.3, -0.25) is 9.59 Å². The Labute approximate surface area is 208 Å². The molecule has 3 aliphatic rings. The molecule has 2 aromatic rings. The summed E-state index contributed by atoms with van der Waals surface area (Å²) >= 11 is 0. The first-order chi connectivity index (χ1) is 17.1. The Morgan fingerprint density at radius 3 is 2.58 bits per heavy atom. The minimum atomic E-state index is -1.00. The van der Waals surface area contributed by atoms with Gasteiger partial charge in [-0.15, -0.1) is 5.10 Å². The summed E-state index contributed by atoms with van der Waals surface area (Å²) in [4.78, 5) is 44.7. The van der Waals surface area contributed by atoms with Crippen molar-refractivity contribution in [2.45, 2.75) is 76.9 Å². The fourth-order valence-corrected chi connectivity index (χ4v) is 5.72. The molecule has 0 bridgehead atoms. The third-order valence-corrected chi connectivity index (χ3v) is 7.37. The molecule has 0 aromatic carbocycles. The molecule has 1 amide bonds. The van der Waals surface area contributed by atoms with Gasteiger partial charge in [0.2, 0.25) is 5.78 Å². The van der Waals surface area contributed by atoms with E-state index in [0.29, 0.717) is 63.4 Å². The van der Waals surface area contributed by atoms with E-state index in [2.05, 4.69) is 10.1 Å². The number of carbonyl (C=O) groups is 2. The highest BCUT2D eigenvalue weighted by atomic mass is 16.6. The molecular weight excluding hydrogens is 466 g/mol. The molecule has 5 rings (SSSR count). The molecule has 11 nitrogen and oxygen atoms in total. The maximum atomic E-state index is 13.9. The summed E-state index contributed by atoms with van der Waals surface area (Å²) in [5.41, 5.74) is 0.991. The van der Waals surface area contributed by atoms with E-state index in [1.165, 1.54) is 4.52 Å². The van der Waals surface area contributed by atoms with Gasteiger partial charge in [0.1, 0.15) is 12.1 Å². The fraction of sp³-hybridized carbons (Fsp3) is 0.640. The number of nitrogens with zero attached hydrogens (tertiary/aromatic N) is 5. The van der Waals surface area contributed by atoms with E-state index < -0.39 is 17.0 Å². The first-order valence-corrected chi connectivity index (χ1v) is 12.6. The number of aromatic nitrogens is 4. The van der Waals surface area contributed by atoms with Crippen LogP contribution in [0.4, 0.5) is 4.79 Å². The highest BCUT2D eigenvalue weighted by Gasteiger charge is 2.44. The lowest BCUT2D eigenvalue weighted by atomic mass is 9.66. The average Bonchev–Trinajstić information content (AvgIpc) is 3.27. The molecule has 2 aliphatic heterocycles. The molecule has 36 heavy (non-hydrogen) atoms. The zero-order valence-corrected chi connectivity index (χ0v) is 21.1. The van der Waals surface area contributed by atoms with Crippen molar-refractivity contribution in [1.82, 2.24) is 24.1 Å². The summed E-state index contributed by atoms with van der Waals surface area (Å²) in [6.45, 7) is 7.17. The molecule has 0 atom stereocenters. The Kier molecular flexibility index (Phi) is 6.14. The van der Waals surface area contributed by atoms with Gasteiger partial charge in [0, 0.05) is 29.8 Å². The van der Waals surface area contributed by atoms with Gasteiger partial charge in [-0.2, -0.15) is 9.50 Å². The summed E-state index contributed by atoms with van der Waals surface area (Å²) in [5.74, 6) is -0.311. The highest BCUT2D eigenvalue weighted by molar-refractivity contribution is 5.69. The van der Waals surface area contributed by atoms with Crippen LogP contribution in [0, 0.1) is 0 Å². The van der Waals surface area contributed by atoms with Crippen LogP contribution >= 0.6 is 0 Å². The van der Waals surface area contributed by atoms with Crippen molar-refractivity contribution in [3.8, 4) is 0 Å². The Morgan fingerprint density at radius 2 is 1.94 bits per heavy atom. The van der Waals surface area contributed by atoms with Crippen LogP contribution < -0.4 is 5.56 Å². The number of hydrogen-bond acceptors (Lipinski definition) is 7. The van der Waals surface area contributed by atoms with Crippen molar-refractivity contribution in [2.24, 2.45) is 0 Å². The normalized spacial score (nSPS) is 19.8. The van der Waals surface area contributed by atoms with E-state index in [4.69, 9.17) is 9.47 Å². The van der Waals surface area contributed by atoms with Gasteiger partial charge < -0.3 is 24.0 Å². The van der Waals surface area contributed by atoms with E-state index in [1.807, 2.05) is 26.8 Å². The highest BCUT2D eigenvalue weighted by Crippen LogP contribution is 2.43. The Bertz CT molecular complexity index is 1290. The van der Waals surface area contributed by atoms with Crippen LogP contribution in [0.3, 0.4) is 0 Å².